The van der Waals surface area contributed by atoms with Crippen molar-refractivity contribution >= 4 is 11.6 Å². The summed E-state index contributed by atoms with van der Waals surface area (Å²) in [5.41, 5.74) is 7.07. The van der Waals surface area contributed by atoms with Crippen LogP contribution in [-0.4, -0.2) is 29.0 Å². The van der Waals surface area contributed by atoms with Crippen LogP contribution in [0.3, 0.4) is 0 Å². The molecular weight excluding hydrogens is 214 g/mol. The first-order valence-electron chi connectivity index (χ1n) is 6.05. The number of amides is 1. The molecule has 0 radical (unpaired) electrons. The van der Waals surface area contributed by atoms with Crippen LogP contribution in [0.25, 0.3) is 0 Å². The van der Waals surface area contributed by atoms with Gasteiger partial charge in [0.2, 0.25) is 0 Å². The molecule has 0 aliphatic heterocycles. The minimum atomic E-state index is 0.0316. The van der Waals surface area contributed by atoms with Gasteiger partial charge in [-0.1, -0.05) is 13.8 Å². The summed E-state index contributed by atoms with van der Waals surface area (Å²) >= 11 is 0. The molecule has 0 bridgehead atoms. The fraction of sp³-hybridized carbons (Fsp3) is 0.615. The van der Waals surface area contributed by atoms with E-state index in [0.717, 1.165) is 6.54 Å². The third-order valence-corrected chi connectivity index (χ3v) is 2.63. The molecule has 4 nitrogen and oxygen atoms in total. The molecule has 96 valence electrons. The normalized spacial score (nSPS) is 11.2. The zero-order valence-corrected chi connectivity index (χ0v) is 11.4. The van der Waals surface area contributed by atoms with Crippen LogP contribution in [0.4, 0.5) is 5.69 Å². The number of anilines is 1. The van der Waals surface area contributed by atoms with Crippen molar-refractivity contribution in [3.8, 4) is 0 Å². The predicted octanol–water partition coefficient (Wildman–Crippen LogP) is 2.38. The minimum Gasteiger partial charge on any atom is -0.397 e. The molecule has 0 unspecified atom stereocenters. The molecule has 1 amide bonds. The van der Waals surface area contributed by atoms with E-state index in [4.69, 9.17) is 5.73 Å². The number of carbonyl (C=O) groups is 1. The van der Waals surface area contributed by atoms with Crippen LogP contribution in [0, 0.1) is 5.92 Å². The van der Waals surface area contributed by atoms with Gasteiger partial charge in [-0.2, -0.15) is 0 Å². The monoisotopic (exact) mass is 237 g/mol. The number of nitrogens with zero attached hydrogens (tertiary/aromatic N) is 2. The maximum Gasteiger partial charge on any atom is 0.270 e. The van der Waals surface area contributed by atoms with Gasteiger partial charge in [-0.25, -0.2) is 0 Å². The molecule has 1 rings (SSSR count). The first kappa shape index (κ1) is 13.6. The fourth-order valence-electron chi connectivity index (χ4n) is 1.93. The average Bonchev–Trinajstić information content (AvgIpc) is 2.58. The first-order valence-corrected chi connectivity index (χ1v) is 6.05. The lowest BCUT2D eigenvalue weighted by atomic mass is 10.2. The summed E-state index contributed by atoms with van der Waals surface area (Å²) in [5.74, 6) is 0.493. The Labute approximate surface area is 103 Å². The van der Waals surface area contributed by atoms with Crippen molar-refractivity contribution in [2.24, 2.45) is 5.92 Å². The van der Waals surface area contributed by atoms with Crippen molar-refractivity contribution in [1.82, 2.24) is 9.47 Å². The van der Waals surface area contributed by atoms with Gasteiger partial charge in [0.25, 0.3) is 5.91 Å². The second-order valence-corrected chi connectivity index (χ2v) is 5.24. The quantitative estimate of drug-likeness (QED) is 0.874. The lowest BCUT2D eigenvalue weighted by molar-refractivity contribution is 0.0767. The summed E-state index contributed by atoms with van der Waals surface area (Å²) in [7, 11) is 1.83. The van der Waals surface area contributed by atoms with E-state index >= 15 is 0 Å². The zero-order chi connectivity index (χ0) is 13.2. The van der Waals surface area contributed by atoms with Gasteiger partial charge in [0.05, 0.1) is 5.69 Å². The van der Waals surface area contributed by atoms with Crippen LogP contribution >= 0.6 is 0 Å². The lowest BCUT2D eigenvalue weighted by Crippen LogP contribution is -2.32. The maximum absolute atomic E-state index is 12.3. The van der Waals surface area contributed by atoms with Crippen molar-refractivity contribution in [3.05, 3.63) is 18.0 Å². The Morgan fingerprint density at radius 1 is 1.41 bits per heavy atom. The third kappa shape index (κ3) is 3.25. The van der Waals surface area contributed by atoms with Crippen LogP contribution in [0.2, 0.25) is 0 Å². The first-order chi connectivity index (χ1) is 7.82. The number of nitrogens with two attached hydrogens (primary N) is 1. The van der Waals surface area contributed by atoms with E-state index in [1.165, 1.54) is 0 Å². The minimum absolute atomic E-state index is 0.0316. The Bertz CT molecular complexity index is 393. The van der Waals surface area contributed by atoms with Gasteiger partial charge in [0.15, 0.2) is 0 Å². The molecule has 0 atom stereocenters. The van der Waals surface area contributed by atoms with E-state index in [0.29, 0.717) is 17.3 Å². The summed E-state index contributed by atoms with van der Waals surface area (Å²) in [6.45, 7) is 9.03. The largest absolute Gasteiger partial charge is 0.397 e. The smallest absolute Gasteiger partial charge is 0.270 e. The highest BCUT2D eigenvalue weighted by Crippen LogP contribution is 2.18. The predicted molar refractivity (Wildman–Crippen MR) is 71.0 cm³/mol. The van der Waals surface area contributed by atoms with Crippen LogP contribution in [0.1, 0.15) is 44.2 Å². The van der Waals surface area contributed by atoms with Crippen LogP contribution < -0.4 is 5.73 Å². The van der Waals surface area contributed by atoms with Crippen LogP contribution in [0.15, 0.2) is 12.3 Å². The molecule has 0 fully saturated rings. The van der Waals surface area contributed by atoms with E-state index in [1.54, 1.807) is 11.0 Å². The highest BCUT2D eigenvalue weighted by Gasteiger charge is 2.18. The van der Waals surface area contributed by atoms with Crippen molar-refractivity contribution in [1.29, 1.82) is 0 Å². The number of carbonyl (C=O) groups excluding carboxylic acids is 1. The van der Waals surface area contributed by atoms with Crippen molar-refractivity contribution in [2.45, 2.75) is 33.7 Å². The van der Waals surface area contributed by atoms with Crippen LogP contribution in [-0.2, 0) is 0 Å². The van der Waals surface area contributed by atoms with Gasteiger partial charge in [-0.3, -0.25) is 4.79 Å². The van der Waals surface area contributed by atoms with Crippen LogP contribution in [0.5, 0.6) is 0 Å². The molecule has 0 aliphatic rings. The highest BCUT2D eigenvalue weighted by molar-refractivity contribution is 5.93. The third-order valence-electron chi connectivity index (χ3n) is 2.63. The summed E-state index contributed by atoms with van der Waals surface area (Å²) < 4.78 is 1.93. The second-order valence-electron chi connectivity index (χ2n) is 5.24. The average molecular weight is 237 g/mol. The molecule has 1 heterocycles. The molecule has 1 aromatic heterocycles. The lowest BCUT2D eigenvalue weighted by Gasteiger charge is -2.21. The molecule has 2 N–H and O–H groups in total. The topological polar surface area (TPSA) is 51.3 Å². The Kier molecular flexibility index (Phi) is 4.21. The SMILES string of the molecule is CC(C)CN(C)C(=O)c1cc(N)cn1C(C)C. The number of hydrogen-bond donors (Lipinski definition) is 1. The summed E-state index contributed by atoms with van der Waals surface area (Å²) in [4.78, 5) is 14.0. The van der Waals surface area contributed by atoms with Gasteiger partial charge in [0, 0.05) is 25.8 Å². The van der Waals surface area contributed by atoms with Gasteiger partial charge in [-0.05, 0) is 25.8 Å². The molecule has 0 aromatic carbocycles. The molecule has 0 saturated heterocycles. The Morgan fingerprint density at radius 2 is 2.00 bits per heavy atom. The van der Waals surface area contributed by atoms with Crippen molar-refractivity contribution in [2.75, 3.05) is 19.3 Å². The summed E-state index contributed by atoms with van der Waals surface area (Å²) in [6.07, 6.45) is 1.82. The van der Waals surface area contributed by atoms with E-state index < -0.39 is 0 Å². The van der Waals surface area contributed by atoms with E-state index in [9.17, 15) is 4.79 Å². The molecule has 0 aliphatic carbocycles. The van der Waals surface area contributed by atoms with E-state index in [1.807, 2.05) is 31.7 Å². The second kappa shape index (κ2) is 5.25. The maximum atomic E-state index is 12.3. The van der Waals surface area contributed by atoms with Crippen molar-refractivity contribution < 1.29 is 4.79 Å². The van der Waals surface area contributed by atoms with E-state index in [2.05, 4.69) is 13.8 Å². The Balaban J connectivity index is 2.95. The van der Waals surface area contributed by atoms with Gasteiger partial charge in [0.1, 0.15) is 5.69 Å². The molecular formula is C13H23N3O. The zero-order valence-electron chi connectivity index (χ0n) is 11.4. The van der Waals surface area contributed by atoms with Gasteiger partial charge < -0.3 is 15.2 Å². The summed E-state index contributed by atoms with van der Waals surface area (Å²) in [6, 6.07) is 1.98. The molecule has 4 heteroatoms. The molecule has 1 aromatic rings. The molecule has 17 heavy (non-hydrogen) atoms. The number of nitrogen functional groups attached to an aromatic ring is 1. The van der Waals surface area contributed by atoms with E-state index in [-0.39, 0.29) is 11.9 Å². The Hall–Kier alpha value is -1.45. The number of aromatic nitrogens is 1. The van der Waals surface area contributed by atoms with Gasteiger partial charge in [-0.15, -0.1) is 0 Å². The molecule has 0 spiro atoms. The fourth-order valence-corrected chi connectivity index (χ4v) is 1.93. The number of rotatable bonds is 4. The number of hydrogen-bond acceptors (Lipinski definition) is 2. The van der Waals surface area contributed by atoms with Gasteiger partial charge >= 0.3 is 0 Å². The molecule has 0 saturated carbocycles. The summed E-state index contributed by atoms with van der Waals surface area (Å²) in [5, 5.41) is 0. The highest BCUT2D eigenvalue weighted by atomic mass is 16.2. The standard InChI is InChI=1S/C13H23N3O/c1-9(2)7-15(5)13(17)12-6-11(14)8-16(12)10(3)4/h6,8-10H,7,14H2,1-5H3. The van der Waals surface area contributed by atoms with Crippen molar-refractivity contribution in [3.63, 3.8) is 0 Å². The Morgan fingerprint density at radius 3 is 2.47 bits per heavy atom.